The third-order valence-electron chi connectivity index (χ3n) is 1.06. The quantitative estimate of drug-likeness (QED) is 0.710. The summed E-state index contributed by atoms with van der Waals surface area (Å²) in [5.41, 5.74) is 0. The first-order chi connectivity index (χ1) is 5.95. The summed E-state index contributed by atoms with van der Waals surface area (Å²) in [5, 5.41) is -1.10. The van der Waals surface area contributed by atoms with Gasteiger partial charge < -0.3 is 4.84 Å². The number of nitrogens with zero attached hydrogens (tertiary/aromatic N) is 1. The predicted molar refractivity (Wildman–Crippen MR) is 36.7 cm³/mol. The van der Waals surface area contributed by atoms with E-state index < -0.39 is 17.2 Å². The van der Waals surface area contributed by atoms with Gasteiger partial charge in [0.2, 0.25) is 0 Å². The molecule has 0 unspecified atom stereocenters. The summed E-state index contributed by atoms with van der Waals surface area (Å²) in [4.78, 5) is 17.0. The maximum absolute atomic E-state index is 11.9. The highest BCUT2D eigenvalue weighted by molar-refractivity contribution is 7.13. The molecular weight excluding hydrogens is 209 g/mol. The van der Waals surface area contributed by atoms with Crippen LogP contribution >= 0.6 is 11.3 Å². The number of carbonyl (C=O) groups excluding carboxylic acids is 1. The molecule has 1 rings (SSSR count). The molecule has 1 aromatic rings. The monoisotopic (exact) mass is 212 g/mol. The van der Waals surface area contributed by atoms with Crippen molar-refractivity contribution in [1.29, 1.82) is 0 Å². The standard InChI is InChI=1S/C5H3F3N2O2S/c6-5(7,8)4-10-1-2(13-4)3(11)12-9/h1H,9H2. The lowest BCUT2D eigenvalue weighted by atomic mass is 10.6. The van der Waals surface area contributed by atoms with Gasteiger partial charge in [-0.3, -0.25) is 0 Å². The fraction of sp³-hybridized carbons (Fsp3) is 0.200. The second-order valence-corrected chi connectivity index (χ2v) is 2.96. The van der Waals surface area contributed by atoms with Gasteiger partial charge in [0, 0.05) is 0 Å². The van der Waals surface area contributed by atoms with Crippen LogP contribution in [0.1, 0.15) is 14.7 Å². The van der Waals surface area contributed by atoms with Crippen LogP contribution in [0.4, 0.5) is 13.2 Å². The van der Waals surface area contributed by atoms with E-state index in [9.17, 15) is 18.0 Å². The van der Waals surface area contributed by atoms with Gasteiger partial charge in [-0.25, -0.2) is 9.78 Å². The molecule has 2 N–H and O–H groups in total. The van der Waals surface area contributed by atoms with Crippen LogP contribution < -0.4 is 5.90 Å². The van der Waals surface area contributed by atoms with Gasteiger partial charge in [-0.2, -0.15) is 19.1 Å². The van der Waals surface area contributed by atoms with Crippen molar-refractivity contribution in [2.45, 2.75) is 6.18 Å². The second-order valence-electron chi connectivity index (χ2n) is 1.93. The molecule has 1 aromatic heterocycles. The largest absolute Gasteiger partial charge is 0.443 e. The average molecular weight is 212 g/mol. The molecule has 0 atom stereocenters. The molecule has 0 aromatic carbocycles. The topological polar surface area (TPSA) is 65.2 Å². The summed E-state index contributed by atoms with van der Waals surface area (Å²) in [6.07, 6.45) is -3.78. The Morgan fingerprint density at radius 3 is 2.62 bits per heavy atom. The number of carbonyl (C=O) groups is 1. The van der Waals surface area contributed by atoms with Gasteiger partial charge in [0.15, 0.2) is 5.01 Å². The minimum Gasteiger partial charge on any atom is -0.369 e. The minimum atomic E-state index is -4.54. The van der Waals surface area contributed by atoms with Crippen molar-refractivity contribution in [1.82, 2.24) is 4.98 Å². The molecule has 13 heavy (non-hydrogen) atoms. The van der Waals surface area contributed by atoms with E-state index in [2.05, 4.69) is 15.7 Å². The van der Waals surface area contributed by atoms with Crippen LogP contribution in [0.25, 0.3) is 0 Å². The number of rotatable bonds is 1. The summed E-state index contributed by atoms with van der Waals surface area (Å²) < 4.78 is 35.8. The molecule has 0 aliphatic rings. The molecule has 0 fully saturated rings. The molecule has 0 bridgehead atoms. The smallest absolute Gasteiger partial charge is 0.369 e. The van der Waals surface area contributed by atoms with Crippen molar-refractivity contribution >= 4 is 17.3 Å². The minimum absolute atomic E-state index is 0.182. The zero-order valence-corrected chi connectivity index (χ0v) is 6.78. The van der Waals surface area contributed by atoms with E-state index in [-0.39, 0.29) is 16.2 Å². The highest BCUT2D eigenvalue weighted by Crippen LogP contribution is 2.32. The van der Waals surface area contributed by atoms with Gasteiger partial charge in [-0.15, -0.1) is 11.3 Å². The fourth-order valence-electron chi connectivity index (χ4n) is 0.558. The Hall–Kier alpha value is -1.15. The zero-order valence-electron chi connectivity index (χ0n) is 5.96. The molecule has 0 aliphatic carbocycles. The number of aromatic nitrogens is 1. The van der Waals surface area contributed by atoms with Crippen molar-refractivity contribution < 1.29 is 22.8 Å². The van der Waals surface area contributed by atoms with Gasteiger partial charge in [0.25, 0.3) is 0 Å². The van der Waals surface area contributed by atoms with E-state index in [1.165, 1.54) is 0 Å². The molecule has 1 heterocycles. The first-order valence-corrected chi connectivity index (χ1v) is 3.71. The summed E-state index contributed by atoms with van der Waals surface area (Å²) in [7, 11) is 0. The second kappa shape index (κ2) is 3.30. The Kier molecular flexibility index (Phi) is 2.52. The van der Waals surface area contributed by atoms with Crippen LogP contribution in [-0.2, 0) is 11.0 Å². The summed E-state index contributed by atoms with van der Waals surface area (Å²) in [6.45, 7) is 0. The molecule has 0 spiro atoms. The molecule has 0 aliphatic heterocycles. The molecular formula is C5H3F3N2O2S. The zero-order chi connectivity index (χ0) is 10.1. The number of halogens is 3. The van der Waals surface area contributed by atoms with Crippen LogP contribution in [0, 0.1) is 0 Å². The van der Waals surface area contributed by atoms with Crippen LogP contribution in [0.15, 0.2) is 6.20 Å². The Morgan fingerprint density at radius 1 is 1.62 bits per heavy atom. The molecule has 4 nitrogen and oxygen atoms in total. The number of alkyl halides is 3. The van der Waals surface area contributed by atoms with E-state index in [0.717, 1.165) is 6.20 Å². The van der Waals surface area contributed by atoms with Gasteiger partial charge >= 0.3 is 12.1 Å². The Labute approximate surface area is 74.1 Å². The van der Waals surface area contributed by atoms with E-state index >= 15 is 0 Å². The van der Waals surface area contributed by atoms with Crippen LogP contribution in [-0.4, -0.2) is 11.0 Å². The maximum Gasteiger partial charge on any atom is 0.443 e. The third-order valence-corrected chi connectivity index (χ3v) is 2.08. The van der Waals surface area contributed by atoms with Crippen LogP contribution in [0.2, 0.25) is 0 Å². The van der Waals surface area contributed by atoms with Gasteiger partial charge in [-0.1, -0.05) is 0 Å². The molecule has 0 saturated heterocycles. The van der Waals surface area contributed by atoms with Crippen LogP contribution in [0.3, 0.4) is 0 Å². The molecule has 8 heteroatoms. The summed E-state index contributed by atoms with van der Waals surface area (Å²) in [5.74, 6) is 3.44. The third kappa shape index (κ3) is 2.16. The predicted octanol–water partition coefficient (Wildman–Crippen LogP) is 1.19. The SMILES string of the molecule is NOC(=O)c1cnc(C(F)(F)F)s1. The van der Waals surface area contributed by atoms with Crippen molar-refractivity contribution in [2.24, 2.45) is 5.90 Å². The average Bonchev–Trinajstić information content (AvgIpc) is 2.50. The summed E-state index contributed by atoms with van der Waals surface area (Å²) in [6, 6.07) is 0. The van der Waals surface area contributed by atoms with Gasteiger partial charge in [-0.05, 0) is 0 Å². The Morgan fingerprint density at radius 2 is 2.23 bits per heavy atom. The number of thiazole rings is 1. The first kappa shape index (κ1) is 9.93. The summed E-state index contributed by atoms with van der Waals surface area (Å²) >= 11 is 0.182. The highest BCUT2D eigenvalue weighted by atomic mass is 32.1. The highest BCUT2D eigenvalue weighted by Gasteiger charge is 2.35. The number of hydrogen-bond acceptors (Lipinski definition) is 5. The number of hydrogen-bond donors (Lipinski definition) is 1. The molecule has 0 amide bonds. The van der Waals surface area contributed by atoms with E-state index in [1.54, 1.807) is 0 Å². The van der Waals surface area contributed by atoms with Gasteiger partial charge in [0.05, 0.1) is 6.20 Å². The van der Waals surface area contributed by atoms with Crippen molar-refractivity contribution in [3.05, 3.63) is 16.1 Å². The van der Waals surface area contributed by atoms with E-state index in [4.69, 9.17) is 0 Å². The van der Waals surface area contributed by atoms with E-state index in [1.807, 2.05) is 0 Å². The molecule has 0 saturated carbocycles. The lowest BCUT2D eigenvalue weighted by Gasteiger charge is -1.98. The fourth-order valence-corrected chi connectivity index (χ4v) is 1.22. The number of nitrogens with two attached hydrogens (primary N) is 1. The Balaban J connectivity index is 2.93. The van der Waals surface area contributed by atoms with Gasteiger partial charge in [0.1, 0.15) is 4.88 Å². The lowest BCUT2D eigenvalue weighted by Crippen LogP contribution is -2.08. The molecule has 0 radical (unpaired) electrons. The lowest BCUT2D eigenvalue weighted by molar-refractivity contribution is -0.137. The van der Waals surface area contributed by atoms with Crippen molar-refractivity contribution in [2.75, 3.05) is 0 Å². The maximum atomic E-state index is 11.9. The first-order valence-electron chi connectivity index (χ1n) is 2.89. The van der Waals surface area contributed by atoms with Crippen molar-refractivity contribution in [3.8, 4) is 0 Å². The van der Waals surface area contributed by atoms with E-state index in [0.29, 0.717) is 0 Å². The van der Waals surface area contributed by atoms with Crippen LogP contribution in [0.5, 0.6) is 0 Å². The molecule has 72 valence electrons. The Bertz CT molecular complexity index is 322. The normalized spacial score (nSPS) is 11.4. The van der Waals surface area contributed by atoms with Crippen molar-refractivity contribution in [3.63, 3.8) is 0 Å².